The summed E-state index contributed by atoms with van der Waals surface area (Å²) in [7, 11) is 0. The zero-order chi connectivity index (χ0) is 41.5. The Balaban J connectivity index is 0.849. The van der Waals surface area contributed by atoms with Crippen LogP contribution in [0.2, 0.25) is 0 Å². The molecule has 5 aliphatic rings. The van der Waals surface area contributed by atoms with Crippen molar-refractivity contribution in [3.63, 3.8) is 0 Å². The minimum Gasteiger partial charge on any atom is -0.488 e. The second-order valence-corrected chi connectivity index (χ2v) is 17.0. The third kappa shape index (κ3) is 6.54. The summed E-state index contributed by atoms with van der Waals surface area (Å²) in [6.45, 7) is 10.4. The molecule has 16 heteroatoms. The normalized spacial score (nSPS) is 24.1. The van der Waals surface area contributed by atoms with E-state index in [9.17, 15) is 37.1 Å². The Bertz CT molecular complexity index is 2230. The first-order valence-electron chi connectivity index (χ1n) is 19.3. The number of carbonyl (C=O) groups is 5. The second-order valence-electron chi connectivity index (χ2n) is 17.0. The summed E-state index contributed by atoms with van der Waals surface area (Å²) >= 11 is 0. The molecule has 5 amide bonds. The molecule has 8 rings (SSSR count). The number of amides is 5. The van der Waals surface area contributed by atoms with E-state index in [1.54, 1.807) is 24.3 Å². The summed E-state index contributed by atoms with van der Waals surface area (Å²) in [6.07, 6.45) is -2.25. The van der Waals surface area contributed by atoms with Gasteiger partial charge in [0, 0.05) is 66.8 Å². The predicted octanol–water partition coefficient (Wildman–Crippen LogP) is 4.97. The average molecular weight is 798 g/mol. The minimum atomic E-state index is -4.77. The second kappa shape index (κ2) is 13.9. The zero-order valence-corrected chi connectivity index (χ0v) is 32.4. The highest BCUT2D eigenvalue weighted by molar-refractivity contribution is 6.23. The van der Waals surface area contributed by atoms with Gasteiger partial charge in [0.15, 0.2) is 5.69 Å². The van der Waals surface area contributed by atoms with Gasteiger partial charge >= 0.3 is 6.18 Å². The van der Waals surface area contributed by atoms with Crippen LogP contribution in [0, 0.1) is 22.2 Å². The maximum absolute atomic E-state index is 13.6. The molecule has 58 heavy (non-hydrogen) atoms. The Morgan fingerprint density at radius 1 is 0.931 bits per heavy atom. The van der Waals surface area contributed by atoms with Gasteiger partial charge in [0.2, 0.25) is 11.8 Å². The van der Waals surface area contributed by atoms with E-state index in [2.05, 4.69) is 25.4 Å². The van der Waals surface area contributed by atoms with Crippen LogP contribution in [-0.2, 0) is 28.9 Å². The number of hydrogen-bond donors (Lipinski definition) is 2. The number of benzene rings is 2. The number of nitrogens with zero attached hydrogens (tertiary/aromatic N) is 5. The lowest BCUT2D eigenvalue weighted by Gasteiger charge is -2.63. The summed E-state index contributed by atoms with van der Waals surface area (Å²) in [5.74, 6) is -2.43. The van der Waals surface area contributed by atoms with Crippen molar-refractivity contribution < 1.29 is 41.9 Å². The van der Waals surface area contributed by atoms with E-state index in [1.165, 1.54) is 6.07 Å². The van der Waals surface area contributed by atoms with Crippen molar-refractivity contribution in [2.75, 3.05) is 18.0 Å². The molecule has 2 N–H and O–H groups in total. The molecule has 0 radical (unpaired) electrons. The molecular formula is C42H42F3N7O6. The highest BCUT2D eigenvalue weighted by Crippen LogP contribution is 2.55. The monoisotopic (exact) mass is 797 g/mol. The molecule has 1 atom stereocenters. The third-order valence-electron chi connectivity index (χ3n) is 12.6. The lowest BCUT2D eigenvalue weighted by Crippen LogP contribution is -2.74. The van der Waals surface area contributed by atoms with Gasteiger partial charge < -0.3 is 15.0 Å². The number of rotatable bonds is 7. The first kappa shape index (κ1) is 39.0. The van der Waals surface area contributed by atoms with E-state index in [-0.39, 0.29) is 36.6 Å². The predicted molar refractivity (Wildman–Crippen MR) is 201 cm³/mol. The number of alkyl halides is 3. The molecule has 2 aromatic carbocycles. The Kier molecular flexibility index (Phi) is 9.37. The number of piperidine rings is 2. The van der Waals surface area contributed by atoms with Gasteiger partial charge in [-0.15, -0.1) is 0 Å². The molecule has 1 unspecified atom stereocenters. The van der Waals surface area contributed by atoms with Crippen molar-refractivity contribution in [1.82, 2.24) is 25.4 Å². The first-order chi connectivity index (χ1) is 27.4. The number of hydrogen-bond acceptors (Lipinski definition) is 10. The van der Waals surface area contributed by atoms with Gasteiger partial charge in [0.05, 0.1) is 22.9 Å². The smallest absolute Gasteiger partial charge is 0.419 e. The number of nitrogens with one attached hydrogen (secondary N) is 2. The fraction of sp³-hybridized carbons (Fsp3) is 0.452. The van der Waals surface area contributed by atoms with E-state index >= 15 is 0 Å². The number of fused-ring (bicyclic) bond motifs is 2. The lowest BCUT2D eigenvalue weighted by atomic mass is 9.49. The maximum Gasteiger partial charge on any atom is 0.419 e. The molecule has 0 bridgehead atoms. The Morgan fingerprint density at radius 3 is 2.09 bits per heavy atom. The van der Waals surface area contributed by atoms with Crippen LogP contribution in [0.15, 0.2) is 48.7 Å². The molecular weight excluding hydrogens is 755 g/mol. The number of nitriles is 1. The molecule has 5 heterocycles. The Labute approximate surface area is 332 Å². The fourth-order valence-corrected chi connectivity index (χ4v) is 9.93. The molecule has 2 saturated heterocycles. The zero-order valence-electron chi connectivity index (χ0n) is 32.4. The number of halogens is 3. The van der Waals surface area contributed by atoms with Gasteiger partial charge in [-0.2, -0.15) is 18.4 Å². The summed E-state index contributed by atoms with van der Waals surface area (Å²) in [5.41, 5.74) is 0.828. The highest BCUT2D eigenvalue weighted by atomic mass is 19.4. The van der Waals surface area contributed by atoms with Gasteiger partial charge in [-0.1, -0.05) is 27.7 Å². The lowest BCUT2D eigenvalue weighted by molar-refractivity contribution is -0.165. The molecule has 13 nitrogen and oxygen atoms in total. The van der Waals surface area contributed by atoms with Crippen molar-refractivity contribution in [2.45, 2.75) is 96.9 Å². The van der Waals surface area contributed by atoms with Crippen LogP contribution in [0.5, 0.6) is 5.75 Å². The number of anilines is 1. The van der Waals surface area contributed by atoms with Crippen LogP contribution in [-0.4, -0.2) is 81.6 Å². The Morgan fingerprint density at radius 2 is 1.53 bits per heavy atom. The topological polar surface area (TPSA) is 165 Å². The number of pyridine rings is 1. The van der Waals surface area contributed by atoms with E-state index in [0.29, 0.717) is 29.8 Å². The number of carbonyl (C=O) groups excluding carboxylic acids is 5. The standard InChI is InChI=1S/C42H42F3N7O6/c1-40(2)38(41(3,4)39(40)58-27-17-30(42(43,44)45)31(18-46)47-19-27)49-34(54)22-5-7-25(8-6-22)50-13-11-26(12-14-50)51-20-23-15-28-29(16-24(23)21-51)37(57)52(36(28)56)32-9-10-33(53)48-35(32)55/h5-8,15-17,19,26,32,38-39H,9-14,20-21H2,1-4H3,(H,49,54)(H,48,53,55). The third-order valence-corrected chi connectivity index (χ3v) is 12.6. The SMILES string of the molecule is CC1(C)C(NC(=O)c2ccc(N3CCC(N4Cc5cc6c(cc5C4)C(=O)N(C4CCC(=O)NC4=O)C6=O)CC3)cc2)C(C)(C)C1Oc1cnc(C#N)c(C(F)(F)F)c1. The molecule has 0 spiro atoms. The maximum atomic E-state index is 13.6. The minimum absolute atomic E-state index is 0.0689. The molecule has 1 aromatic heterocycles. The Hall–Kier alpha value is -5.82. The van der Waals surface area contributed by atoms with Gasteiger partial charge in [-0.3, -0.25) is 39.1 Å². The number of imide groups is 2. The summed E-state index contributed by atoms with van der Waals surface area (Å²) < 4.78 is 46.7. The number of ether oxygens (including phenoxy) is 1. The molecule has 4 aliphatic heterocycles. The van der Waals surface area contributed by atoms with Crippen LogP contribution < -0.4 is 20.3 Å². The number of aromatic nitrogens is 1. The molecule has 302 valence electrons. The first-order valence-corrected chi connectivity index (χ1v) is 19.3. The summed E-state index contributed by atoms with van der Waals surface area (Å²) in [5, 5.41) is 14.4. The summed E-state index contributed by atoms with van der Waals surface area (Å²) in [6, 6.07) is 12.2. The van der Waals surface area contributed by atoms with Crippen molar-refractivity contribution >= 4 is 35.2 Å². The van der Waals surface area contributed by atoms with E-state index in [0.717, 1.165) is 59.9 Å². The van der Waals surface area contributed by atoms with Crippen LogP contribution >= 0.6 is 0 Å². The molecule has 1 saturated carbocycles. The van der Waals surface area contributed by atoms with Gasteiger partial charge in [-0.25, -0.2) is 4.98 Å². The van der Waals surface area contributed by atoms with Gasteiger partial charge in [-0.05, 0) is 72.9 Å². The van der Waals surface area contributed by atoms with Crippen molar-refractivity contribution in [2.24, 2.45) is 10.8 Å². The van der Waals surface area contributed by atoms with E-state index < -0.39 is 64.0 Å². The van der Waals surface area contributed by atoms with Crippen LogP contribution in [0.3, 0.4) is 0 Å². The highest BCUT2D eigenvalue weighted by Gasteiger charge is 2.64. The summed E-state index contributed by atoms with van der Waals surface area (Å²) in [4.78, 5) is 73.5. The largest absolute Gasteiger partial charge is 0.488 e. The van der Waals surface area contributed by atoms with Crippen LogP contribution in [0.25, 0.3) is 0 Å². The van der Waals surface area contributed by atoms with Crippen molar-refractivity contribution in [1.29, 1.82) is 5.26 Å². The van der Waals surface area contributed by atoms with Crippen molar-refractivity contribution in [3.8, 4) is 11.8 Å². The molecule has 3 aromatic rings. The van der Waals surface area contributed by atoms with Crippen molar-refractivity contribution in [3.05, 3.63) is 87.7 Å². The fourth-order valence-electron chi connectivity index (χ4n) is 9.93. The van der Waals surface area contributed by atoms with E-state index in [4.69, 9.17) is 10.00 Å². The van der Waals surface area contributed by atoms with Crippen LogP contribution in [0.1, 0.15) is 107 Å². The average Bonchev–Trinajstić information content (AvgIpc) is 3.71. The van der Waals surface area contributed by atoms with Crippen LogP contribution in [0.4, 0.5) is 18.9 Å². The van der Waals surface area contributed by atoms with Gasteiger partial charge in [0.25, 0.3) is 17.7 Å². The quantitative estimate of drug-likeness (QED) is 0.312. The molecule has 3 fully saturated rings. The van der Waals surface area contributed by atoms with E-state index in [1.807, 2.05) is 39.8 Å². The molecule has 1 aliphatic carbocycles. The van der Waals surface area contributed by atoms with Gasteiger partial charge in [0.1, 0.15) is 24.0 Å².